The van der Waals surface area contributed by atoms with Crippen molar-refractivity contribution >= 4 is 29.0 Å². The molecule has 3 N–H and O–H groups in total. The van der Waals surface area contributed by atoms with Crippen LogP contribution in [0.3, 0.4) is 0 Å². The Bertz CT molecular complexity index is 499. The van der Waals surface area contributed by atoms with Gasteiger partial charge in [0.2, 0.25) is 5.91 Å². The van der Waals surface area contributed by atoms with Gasteiger partial charge in [0, 0.05) is 25.9 Å². The van der Waals surface area contributed by atoms with Gasteiger partial charge in [0.25, 0.3) is 5.91 Å². The molecule has 102 valence electrons. The molecule has 1 heterocycles. The van der Waals surface area contributed by atoms with E-state index >= 15 is 0 Å². The molecule has 0 saturated heterocycles. The summed E-state index contributed by atoms with van der Waals surface area (Å²) < 4.78 is 0. The number of hydrogen-bond acceptors (Lipinski definition) is 4. The minimum Gasteiger partial charge on any atom is -0.389 e. The van der Waals surface area contributed by atoms with Gasteiger partial charge < -0.3 is 16.0 Å². The Balaban J connectivity index is 2.73. The van der Waals surface area contributed by atoms with Crippen LogP contribution in [0.25, 0.3) is 0 Å². The third-order valence-corrected chi connectivity index (χ3v) is 2.68. The SMILES string of the molecule is CC(NC(=O)c1ccc(C(N)=S)cn1)C(=O)N(C)C. The van der Waals surface area contributed by atoms with E-state index < -0.39 is 11.9 Å². The van der Waals surface area contributed by atoms with Gasteiger partial charge in [-0.1, -0.05) is 12.2 Å². The Labute approximate surface area is 117 Å². The Morgan fingerprint density at radius 3 is 2.47 bits per heavy atom. The summed E-state index contributed by atoms with van der Waals surface area (Å²) in [7, 11) is 3.25. The van der Waals surface area contributed by atoms with Crippen molar-refractivity contribution in [3.8, 4) is 0 Å². The van der Waals surface area contributed by atoms with E-state index in [2.05, 4.69) is 10.3 Å². The molecule has 0 bridgehead atoms. The Morgan fingerprint density at radius 2 is 2.05 bits per heavy atom. The lowest BCUT2D eigenvalue weighted by molar-refractivity contribution is -0.130. The van der Waals surface area contributed by atoms with Crippen LogP contribution >= 0.6 is 12.2 Å². The minimum absolute atomic E-state index is 0.187. The van der Waals surface area contributed by atoms with E-state index in [0.717, 1.165) is 0 Å². The average molecular weight is 280 g/mol. The lowest BCUT2D eigenvalue weighted by atomic mass is 10.2. The molecule has 0 aromatic carbocycles. The fourth-order valence-electron chi connectivity index (χ4n) is 1.39. The van der Waals surface area contributed by atoms with Crippen LogP contribution in [0.1, 0.15) is 23.0 Å². The van der Waals surface area contributed by atoms with Crippen LogP contribution in [0, 0.1) is 0 Å². The first-order chi connectivity index (χ1) is 8.82. The third-order valence-electron chi connectivity index (χ3n) is 2.44. The lowest BCUT2D eigenvalue weighted by Gasteiger charge is -2.17. The van der Waals surface area contributed by atoms with Gasteiger partial charge in [0.1, 0.15) is 16.7 Å². The summed E-state index contributed by atoms with van der Waals surface area (Å²) in [5.41, 5.74) is 6.23. The molecule has 0 spiro atoms. The zero-order chi connectivity index (χ0) is 14.6. The Morgan fingerprint density at radius 1 is 1.42 bits per heavy atom. The molecule has 0 radical (unpaired) electrons. The number of rotatable bonds is 4. The van der Waals surface area contributed by atoms with Crippen LogP contribution in [0.5, 0.6) is 0 Å². The van der Waals surface area contributed by atoms with Crippen molar-refractivity contribution in [2.24, 2.45) is 5.73 Å². The summed E-state index contributed by atoms with van der Waals surface area (Å²) >= 11 is 4.79. The summed E-state index contributed by atoms with van der Waals surface area (Å²) in [5.74, 6) is -0.606. The van der Waals surface area contributed by atoms with Crippen LogP contribution < -0.4 is 11.1 Å². The van der Waals surface area contributed by atoms with Crippen LogP contribution in [0.15, 0.2) is 18.3 Å². The molecule has 0 aliphatic rings. The Kier molecular flexibility index (Phi) is 4.94. The molecule has 0 aliphatic carbocycles. The van der Waals surface area contributed by atoms with Crippen LogP contribution in [-0.4, -0.2) is 46.8 Å². The predicted molar refractivity (Wildman–Crippen MR) is 75.7 cm³/mol. The molecule has 1 atom stereocenters. The topological polar surface area (TPSA) is 88.3 Å². The smallest absolute Gasteiger partial charge is 0.270 e. The molecule has 7 heteroatoms. The number of carbonyl (C=O) groups excluding carboxylic acids is 2. The zero-order valence-corrected chi connectivity index (χ0v) is 11.8. The van der Waals surface area contributed by atoms with Crippen LogP contribution in [0.4, 0.5) is 0 Å². The fraction of sp³-hybridized carbons (Fsp3) is 0.333. The van der Waals surface area contributed by atoms with Crippen molar-refractivity contribution < 1.29 is 9.59 Å². The highest BCUT2D eigenvalue weighted by atomic mass is 32.1. The van der Waals surface area contributed by atoms with E-state index in [0.29, 0.717) is 5.56 Å². The highest BCUT2D eigenvalue weighted by Crippen LogP contribution is 2.01. The van der Waals surface area contributed by atoms with E-state index in [1.807, 2.05) is 0 Å². The van der Waals surface area contributed by atoms with Gasteiger partial charge in [-0.2, -0.15) is 0 Å². The van der Waals surface area contributed by atoms with Gasteiger partial charge in [-0.3, -0.25) is 14.6 Å². The number of nitrogens with two attached hydrogens (primary N) is 1. The maximum atomic E-state index is 11.9. The highest BCUT2D eigenvalue weighted by Gasteiger charge is 2.18. The molecule has 1 rings (SSSR count). The number of amides is 2. The number of hydrogen-bond donors (Lipinski definition) is 2. The Hall–Kier alpha value is -2.02. The number of pyridine rings is 1. The predicted octanol–water partition coefficient (Wildman–Crippen LogP) is -0.0777. The standard InChI is InChI=1S/C12H16N4O2S/c1-7(12(18)16(2)3)15-11(17)9-5-4-8(6-14-9)10(13)19/h4-7H,1-3H3,(H2,13,19)(H,15,17). The molecule has 1 unspecified atom stereocenters. The molecule has 0 saturated carbocycles. The zero-order valence-electron chi connectivity index (χ0n) is 11.0. The first-order valence-electron chi connectivity index (χ1n) is 5.60. The molecule has 0 aliphatic heterocycles. The summed E-state index contributed by atoms with van der Waals surface area (Å²) in [6.07, 6.45) is 1.43. The first kappa shape index (κ1) is 15.0. The van der Waals surface area contributed by atoms with E-state index in [4.69, 9.17) is 18.0 Å². The number of likely N-dealkylation sites (N-methyl/N-ethyl adjacent to an activating group) is 1. The maximum absolute atomic E-state index is 11.9. The number of aromatic nitrogens is 1. The molecule has 1 aromatic rings. The van der Waals surface area contributed by atoms with Crippen LogP contribution in [-0.2, 0) is 4.79 Å². The highest BCUT2D eigenvalue weighted by molar-refractivity contribution is 7.80. The summed E-state index contributed by atoms with van der Waals surface area (Å²) in [5, 5.41) is 2.57. The van der Waals surface area contributed by atoms with Gasteiger partial charge in [0.15, 0.2) is 0 Å². The second-order valence-electron chi connectivity index (χ2n) is 4.22. The molecular formula is C12H16N4O2S. The summed E-state index contributed by atoms with van der Waals surface area (Å²) in [6, 6.07) is 2.51. The van der Waals surface area contributed by atoms with Crippen molar-refractivity contribution in [1.29, 1.82) is 0 Å². The second kappa shape index (κ2) is 6.24. The van der Waals surface area contributed by atoms with Crippen molar-refractivity contribution in [1.82, 2.24) is 15.2 Å². The summed E-state index contributed by atoms with van der Waals surface area (Å²) in [4.78, 5) is 29.0. The number of nitrogens with zero attached hydrogens (tertiary/aromatic N) is 2. The molecule has 6 nitrogen and oxygen atoms in total. The van der Waals surface area contributed by atoms with Gasteiger partial charge in [-0.25, -0.2) is 0 Å². The van der Waals surface area contributed by atoms with E-state index in [1.165, 1.54) is 17.2 Å². The van der Waals surface area contributed by atoms with Gasteiger partial charge in [-0.05, 0) is 19.1 Å². The lowest BCUT2D eigenvalue weighted by Crippen LogP contribution is -2.44. The van der Waals surface area contributed by atoms with Crippen molar-refractivity contribution in [2.45, 2.75) is 13.0 Å². The summed E-state index contributed by atoms with van der Waals surface area (Å²) in [6.45, 7) is 1.61. The van der Waals surface area contributed by atoms with E-state index in [1.54, 1.807) is 27.1 Å². The van der Waals surface area contributed by atoms with Crippen molar-refractivity contribution in [3.05, 3.63) is 29.6 Å². The van der Waals surface area contributed by atoms with Crippen LogP contribution in [0.2, 0.25) is 0 Å². The van der Waals surface area contributed by atoms with Gasteiger partial charge >= 0.3 is 0 Å². The molecule has 1 aromatic heterocycles. The largest absolute Gasteiger partial charge is 0.389 e. The number of thiocarbonyl (C=S) groups is 1. The number of carbonyl (C=O) groups is 2. The average Bonchev–Trinajstić information content (AvgIpc) is 2.37. The fourth-order valence-corrected chi connectivity index (χ4v) is 1.51. The number of nitrogens with one attached hydrogen (secondary N) is 1. The first-order valence-corrected chi connectivity index (χ1v) is 6.01. The van der Waals surface area contributed by atoms with E-state index in [9.17, 15) is 9.59 Å². The minimum atomic E-state index is -0.612. The quantitative estimate of drug-likeness (QED) is 0.753. The van der Waals surface area contributed by atoms with Crippen molar-refractivity contribution in [3.63, 3.8) is 0 Å². The molecule has 2 amide bonds. The maximum Gasteiger partial charge on any atom is 0.270 e. The molecule has 0 fully saturated rings. The third kappa shape index (κ3) is 3.99. The van der Waals surface area contributed by atoms with Crippen molar-refractivity contribution in [2.75, 3.05) is 14.1 Å². The monoisotopic (exact) mass is 280 g/mol. The van der Waals surface area contributed by atoms with E-state index in [-0.39, 0.29) is 16.6 Å². The van der Waals surface area contributed by atoms with Gasteiger partial charge in [-0.15, -0.1) is 0 Å². The second-order valence-corrected chi connectivity index (χ2v) is 4.66. The molecule has 19 heavy (non-hydrogen) atoms. The normalized spacial score (nSPS) is 11.5. The molecular weight excluding hydrogens is 264 g/mol. The van der Waals surface area contributed by atoms with Gasteiger partial charge in [0.05, 0.1) is 0 Å².